The summed E-state index contributed by atoms with van der Waals surface area (Å²) in [4.78, 5) is 0. The molecule has 5 aromatic rings. The molecular weight excluding hydrogens is 532 g/mol. The van der Waals surface area contributed by atoms with E-state index in [1.807, 2.05) is 48.6 Å². The zero-order valence-electron chi connectivity index (χ0n) is 25.0. The van der Waals surface area contributed by atoms with Crippen molar-refractivity contribution in [2.45, 2.75) is 12.8 Å². The molecule has 0 spiro atoms. The third-order valence-corrected chi connectivity index (χ3v) is 7.74. The van der Waals surface area contributed by atoms with Crippen LogP contribution in [0, 0.1) is 0 Å². The van der Waals surface area contributed by atoms with E-state index in [1.54, 1.807) is 0 Å². The van der Waals surface area contributed by atoms with E-state index in [0.29, 0.717) is 0 Å². The van der Waals surface area contributed by atoms with E-state index in [-0.39, 0.29) is 0 Å². The molecule has 4 N–H and O–H groups in total. The average Bonchev–Trinajstić information content (AvgIpc) is 3.09. The summed E-state index contributed by atoms with van der Waals surface area (Å²) in [6, 6.07) is 43.9. The largest absolute Gasteiger partial charge is 0.398 e. The Kier molecular flexibility index (Phi) is 9.87. The van der Waals surface area contributed by atoms with Gasteiger partial charge in [-0.2, -0.15) is 0 Å². The quantitative estimate of drug-likeness (QED) is 0.155. The Hall–Kier alpha value is -5.60. The zero-order valence-corrected chi connectivity index (χ0v) is 25.0. The van der Waals surface area contributed by atoms with Gasteiger partial charge in [-0.15, -0.1) is 0 Å². The fourth-order valence-corrected chi connectivity index (χ4v) is 5.15. The maximum atomic E-state index is 6.54. The molecule has 0 amide bonds. The van der Waals surface area contributed by atoms with Crippen molar-refractivity contribution in [3.05, 3.63) is 198 Å². The first-order chi connectivity index (χ1) is 21.5. The van der Waals surface area contributed by atoms with Gasteiger partial charge in [-0.25, -0.2) is 0 Å². The molecule has 0 radical (unpaired) electrons. The highest BCUT2D eigenvalue weighted by atomic mass is 14.6. The van der Waals surface area contributed by atoms with Gasteiger partial charge in [0.1, 0.15) is 0 Å². The molecule has 0 aromatic heterocycles. The molecule has 5 aromatic carbocycles. The van der Waals surface area contributed by atoms with Crippen LogP contribution in [0.5, 0.6) is 0 Å². The van der Waals surface area contributed by atoms with Crippen molar-refractivity contribution in [3.63, 3.8) is 0 Å². The van der Waals surface area contributed by atoms with Crippen molar-refractivity contribution in [1.29, 1.82) is 0 Å². The predicted molar refractivity (Wildman–Crippen MR) is 191 cm³/mol. The summed E-state index contributed by atoms with van der Waals surface area (Å²) in [7, 11) is 0. The minimum atomic E-state index is 0.741. The van der Waals surface area contributed by atoms with Crippen molar-refractivity contribution < 1.29 is 0 Å². The first-order valence-corrected chi connectivity index (χ1v) is 14.9. The van der Waals surface area contributed by atoms with Crippen LogP contribution in [0.25, 0.3) is 40.2 Å². The lowest BCUT2D eigenvalue weighted by Crippen LogP contribution is -1.98. The van der Waals surface area contributed by atoms with E-state index in [1.165, 1.54) is 11.1 Å². The molecule has 0 fully saturated rings. The van der Waals surface area contributed by atoms with Gasteiger partial charge in [-0.3, -0.25) is 0 Å². The van der Waals surface area contributed by atoms with Crippen LogP contribution in [0.4, 0.5) is 0 Å². The van der Waals surface area contributed by atoms with Gasteiger partial charge < -0.3 is 11.5 Å². The highest BCUT2D eigenvalue weighted by Gasteiger charge is 2.06. The SMILES string of the molecule is C=Cc1ccc(C/C=C(\N)c2ccc(-c3ccc(C(/C=C(\N)c4ccccc4)=C/Cc4ccccc4)cc3)cc2)cc1C=C. The molecule has 2 heteroatoms. The van der Waals surface area contributed by atoms with Crippen LogP contribution in [-0.2, 0) is 12.8 Å². The van der Waals surface area contributed by atoms with Gasteiger partial charge in [0.25, 0.3) is 0 Å². The standard InChI is InChI=1S/C42H38N2/c1-3-33-18-16-32(29-34(33)4-2)17-28-41(43)39-26-24-36(25-27-39)35-20-22-37(23-21-35)40(19-15-31-11-7-5-8-12-31)30-42(44)38-13-9-6-10-14-38/h3-14,16,18-30H,1-2,15,17,43-44H2/b40-19+,41-28-,42-30-. The third kappa shape index (κ3) is 7.61. The molecule has 0 bridgehead atoms. The molecule has 0 unspecified atom stereocenters. The van der Waals surface area contributed by atoms with E-state index < -0.39 is 0 Å². The number of allylic oxidation sites excluding steroid dienone is 4. The highest BCUT2D eigenvalue weighted by Crippen LogP contribution is 2.27. The zero-order chi connectivity index (χ0) is 30.7. The van der Waals surface area contributed by atoms with Gasteiger partial charge in [0.05, 0.1) is 0 Å². The second kappa shape index (κ2) is 14.5. The molecule has 44 heavy (non-hydrogen) atoms. The van der Waals surface area contributed by atoms with Crippen LogP contribution in [0.15, 0.2) is 159 Å². The molecule has 0 aliphatic carbocycles. The molecule has 216 valence electrons. The predicted octanol–water partition coefficient (Wildman–Crippen LogP) is 9.81. The van der Waals surface area contributed by atoms with Crippen molar-refractivity contribution in [1.82, 2.24) is 0 Å². The number of hydrogen-bond acceptors (Lipinski definition) is 2. The van der Waals surface area contributed by atoms with Gasteiger partial charge in [-0.1, -0.05) is 165 Å². The average molecular weight is 571 g/mol. The normalized spacial score (nSPS) is 12.1. The van der Waals surface area contributed by atoms with Crippen LogP contribution in [0.2, 0.25) is 0 Å². The number of nitrogens with two attached hydrogens (primary N) is 2. The molecule has 0 heterocycles. The van der Waals surface area contributed by atoms with Gasteiger partial charge in [0.15, 0.2) is 0 Å². The Morgan fingerprint density at radius 1 is 0.500 bits per heavy atom. The fourth-order valence-electron chi connectivity index (χ4n) is 5.15. The molecule has 0 saturated carbocycles. The van der Waals surface area contributed by atoms with E-state index >= 15 is 0 Å². The van der Waals surface area contributed by atoms with Crippen LogP contribution in [-0.4, -0.2) is 0 Å². The number of benzene rings is 5. The van der Waals surface area contributed by atoms with Crippen molar-refractivity contribution in [2.75, 3.05) is 0 Å². The summed E-state index contributed by atoms with van der Waals surface area (Å²) in [6.07, 6.45) is 11.7. The minimum Gasteiger partial charge on any atom is -0.398 e. The third-order valence-electron chi connectivity index (χ3n) is 7.74. The second-order valence-electron chi connectivity index (χ2n) is 10.7. The van der Waals surface area contributed by atoms with Gasteiger partial charge in [-0.05, 0) is 74.6 Å². The molecular formula is C42H38N2. The summed E-state index contributed by atoms with van der Waals surface area (Å²) in [5.74, 6) is 0. The number of rotatable bonds is 11. The van der Waals surface area contributed by atoms with E-state index in [0.717, 1.165) is 68.8 Å². The fraction of sp³-hybridized carbons (Fsp3) is 0.0476. The second-order valence-corrected chi connectivity index (χ2v) is 10.7. The Morgan fingerprint density at radius 2 is 1.05 bits per heavy atom. The van der Waals surface area contributed by atoms with Crippen LogP contribution < -0.4 is 11.5 Å². The number of hydrogen-bond donors (Lipinski definition) is 2. The lowest BCUT2D eigenvalue weighted by molar-refractivity contribution is 1.25. The first kappa shape index (κ1) is 29.9. The first-order valence-electron chi connectivity index (χ1n) is 14.9. The Balaban J connectivity index is 1.33. The van der Waals surface area contributed by atoms with Gasteiger partial charge >= 0.3 is 0 Å². The molecule has 0 atom stereocenters. The Bertz CT molecular complexity index is 1810. The van der Waals surface area contributed by atoms with Gasteiger partial charge in [0.2, 0.25) is 0 Å². The lowest BCUT2D eigenvalue weighted by atomic mass is 9.96. The van der Waals surface area contributed by atoms with E-state index in [2.05, 4.69) is 122 Å². The molecule has 2 nitrogen and oxygen atoms in total. The summed E-state index contributed by atoms with van der Waals surface area (Å²) >= 11 is 0. The summed E-state index contributed by atoms with van der Waals surface area (Å²) in [5.41, 5.74) is 25.6. The summed E-state index contributed by atoms with van der Waals surface area (Å²) in [6.45, 7) is 7.79. The maximum absolute atomic E-state index is 6.54. The summed E-state index contributed by atoms with van der Waals surface area (Å²) in [5, 5.41) is 0. The van der Waals surface area contributed by atoms with Gasteiger partial charge in [0, 0.05) is 11.4 Å². The minimum absolute atomic E-state index is 0.741. The van der Waals surface area contributed by atoms with Crippen molar-refractivity contribution in [3.8, 4) is 11.1 Å². The topological polar surface area (TPSA) is 52.0 Å². The van der Waals surface area contributed by atoms with Crippen molar-refractivity contribution >= 4 is 29.1 Å². The smallest absolute Gasteiger partial charge is 0.0393 e. The maximum Gasteiger partial charge on any atom is 0.0393 e. The molecule has 0 aliphatic heterocycles. The van der Waals surface area contributed by atoms with E-state index in [9.17, 15) is 0 Å². The highest BCUT2D eigenvalue weighted by molar-refractivity contribution is 5.84. The molecule has 0 aliphatic rings. The van der Waals surface area contributed by atoms with E-state index in [4.69, 9.17) is 11.5 Å². The lowest BCUT2D eigenvalue weighted by Gasteiger charge is -2.10. The van der Waals surface area contributed by atoms with Crippen molar-refractivity contribution in [2.24, 2.45) is 11.5 Å². The molecule has 5 rings (SSSR count). The summed E-state index contributed by atoms with van der Waals surface area (Å²) < 4.78 is 0. The molecule has 0 saturated heterocycles. The Morgan fingerprint density at radius 3 is 1.66 bits per heavy atom. The Labute approximate surface area is 261 Å². The monoisotopic (exact) mass is 570 g/mol. The van der Waals surface area contributed by atoms with Crippen LogP contribution in [0.1, 0.15) is 38.9 Å². The van der Waals surface area contributed by atoms with Crippen LogP contribution >= 0.6 is 0 Å². The van der Waals surface area contributed by atoms with Crippen LogP contribution in [0.3, 0.4) is 0 Å².